The zero-order valence-corrected chi connectivity index (χ0v) is 11.6. The number of methoxy groups -OCH3 is 1. The van der Waals surface area contributed by atoms with E-state index in [1.165, 1.54) is 19.3 Å². The predicted octanol–water partition coefficient (Wildman–Crippen LogP) is 2.53. The first-order chi connectivity index (χ1) is 9.23. The maximum atomic E-state index is 11.1. The van der Waals surface area contributed by atoms with Crippen molar-refractivity contribution in [1.29, 1.82) is 0 Å². The van der Waals surface area contributed by atoms with Crippen molar-refractivity contribution >= 4 is 0 Å². The van der Waals surface area contributed by atoms with Gasteiger partial charge in [0.1, 0.15) is 11.4 Å². The van der Waals surface area contributed by atoms with Crippen molar-refractivity contribution in [1.82, 2.24) is 4.90 Å². The molecule has 0 aromatic heterocycles. The van der Waals surface area contributed by atoms with Crippen LogP contribution in [0.1, 0.15) is 37.7 Å². The van der Waals surface area contributed by atoms with Crippen LogP contribution < -0.4 is 4.74 Å². The predicted molar refractivity (Wildman–Crippen MR) is 75.3 cm³/mol. The van der Waals surface area contributed by atoms with Gasteiger partial charge in [-0.2, -0.15) is 0 Å². The van der Waals surface area contributed by atoms with E-state index in [0.29, 0.717) is 6.04 Å². The molecule has 19 heavy (non-hydrogen) atoms. The van der Waals surface area contributed by atoms with E-state index in [4.69, 9.17) is 4.74 Å². The lowest BCUT2D eigenvalue weighted by Gasteiger charge is -2.47. The maximum Gasteiger partial charge on any atom is 0.124 e. The van der Waals surface area contributed by atoms with Crippen LogP contribution in [0.15, 0.2) is 24.3 Å². The zero-order chi connectivity index (χ0) is 13.3. The Labute approximate surface area is 115 Å². The van der Waals surface area contributed by atoms with Crippen molar-refractivity contribution in [2.24, 2.45) is 0 Å². The van der Waals surface area contributed by atoms with Gasteiger partial charge in [-0.1, -0.05) is 24.6 Å². The molecule has 3 nitrogen and oxygen atoms in total. The molecule has 0 aliphatic carbocycles. The summed E-state index contributed by atoms with van der Waals surface area (Å²) in [6.07, 6.45) is 5.83. The Hall–Kier alpha value is -1.06. The summed E-state index contributed by atoms with van der Waals surface area (Å²) in [6, 6.07) is 8.57. The lowest BCUT2D eigenvalue weighted by molar-refractivity contribution is -0.0671. The van der Waals surface area contributed by atoms with Crippen molar-refractivity contribution in [3.63, 3.8) is 0 Å². The van der Waals surface area contributed by atoms with E-state index < -0.39 is 5.60 Å². The van der Waals surface area contributed by atoms with Crippen LogP contribution in [0.4, 0.5) is 0 Å². The van der Waals surface area contributed by atoms with Crippen LogP contribution >= 0.6 is 0 Å². The summed E-state index contributed by atoms with van der Waals surface area (Å²) < 4.78 is 5.42. The van der Waals surface area contributed by atoms with Crippen molar-refractivity contribution in [3.05, 3.63) is 29.8 Å². The molecule has 2 heterocycles. The minimum atomic E-state index is -0.750. The van der Waals surface area contributed by atoms with Crippen molar-refractivity contribution < 1.29 is 9.84 Å². The molecule has 2 atom stereocenters. The van der Waals surface area contributed by atoms with Crippen LogP contribution in [-0.4, -0.2) is 36.2 Å². The summed E-state index contributed by atoms with van der Waals surface area (Å²) in [5.41, 5.74) is 0.196. The number of fused-ring (bicyclic) bond motifs is 1. The summed E-state index contributed by atoms with van der Waals surface area (Å²) in [5.74, 6) is 0.806. The fourth-order valence-corrected chi connectivity index (χ4v) is 3.66. The molecule has 1 N–H and O–H groups in total. The highest BCUT2D eigenvalue weighted by Crippen LogP contribution is 2.40. The number of benzene rings is 1. The Morgan fingerprint density at radius 2 is 2.11 bits per heavy atom. The lowest BCUT2D eigenvalue weighted by atomic mass is 9.80. The molecular weight excluding hydrogens is 238 g/mol. The van der Waals surface area contributed by atoms with Gasteiger partial charge in [-0.3, -0.25) is 4.90 Å². The summed E-state index contributed by atoms with van der Waals surface area (Å²) in [5, 5.41) is 11.1. The van der Waals surface area contributed by atoms with Gasteiger partial charge in [0, 0.05) is 18.2 Å². The fraction of sp³-hybridized carbons (Fsp3) is 0.625. The minimum Gasteiger partial charge on any atom is -0.496 e. The van der Waals surface area contributed by atoms with Crippen LogP contribution in [-0.2, 0) is 5.60 Å². The first-order valence-electron chi connectivity index (χ1n) is 7.33. The Morgan fingerprint density at radius 3 is 2.95 bits per heavy atom. The van der Waals surface area contributed by atoms with Crippen molar-refractivity contribution in [2.45, 2.75) is 43.7 Å². The molecular formula is C16H23NO2. The molecule has 0 radical (unpaired) electrons. The Balaban J connectivity index is 1.86. The average molecular weight is 261 g/mol. The van der Waals surface area contributed by atoms with Gasteiger partial charge in [-0.05, 0) is 38.3 Å². The number of hydrogen-bond acceptors (Lipinski definition) is 3. The van der Waals surface area contributed by atoms with E-state index in [1.807, 2.05) is 24.3 Å². The van der Waals surface area contributed by atoms with Crippen LogP contribution in [0.2, 0.25) is 0 Å². The number of piperidine rings is 2. The second kappa shape index (κ2) is 5.14. The van der Waals surface area contributed by atoms with E-state index in [9.17, 15) is 5.11 Å². The SMILES string of the molecule is COc1ccccc1[C@]1(O)CC[C@H]2CCCCN2C1. The molecule has 0 spiro atoms. The summed E-state index contributed by atoms with van der Waals surface area (Å²) >= 11 is 0. The number of hydrogen-bond donors (Lipinski definition) is 1. The highest BCUT2D eigenvalue weighted by atomic mass is 16.5. The minimum absolute atomic E-state index is 0.684. The van der Waals surface area contributed by atoms with E-state index in [0.717, 1.165) is 37.2 Å². The second-order valence-electron chi connectivity index (χ2n) is 5.89. The van der Waals surface area contributed by atoms with Crippen molar-refractivity contribution in [2.75, 3.05) is 20.2 Å². The number of para-hydroxylation sites is 1. The smallest absolute Gasteiger partial charge is 0.124 e. The van der Waals surface area contributed by atoms with E-state index in [2.05, 4.69) is 4.90 Å². The normalized spacial score (nSPS) is 31.8. The third kappa shape index (κ3) is 2.37. The first kappa shape index (κ1) is 12.9. The van der Waals surface area contributed by atoms with Crippen LogP contribution in [0.5, 0.6) is 5.75 Å². The molecule has 1 aromatic rings. The largest absolute Gasteiger partial charge is 0.496 e. The molecule has 1 aromatic carbocycles. The highest BCUT2D eigenvalue weighted by Gasteiger charge is 2.41. The van der Waals surface area contributed by atoms with Gasteiger partial charge in [0.2, 0.25) is 0 Å². The quantitative estimate of drug-likeness (QED) is 0.888. The van der Waals surface area contributed by atoms with Gasteiger partial charge in [-0.25, -0.2) is 0 Å². The first-order valence-corrected chi connectivity index (χ1v) is 7.33. The molecule has 104 valence electrons. The van der Waals surface area contributed by atoms with Gasteiger partial charge < -0.3 is 9.84 Å². The number of aliphatic hydroxyl groups is 1. The zero-order valence-electron chi connectivity index (χ0n) is 11.6. The number of ether oxygens (including phenoxy) is 1. The van der Waals surface area contributed by atoms with Crippen LogP contribution in [0.25, 0.3) is 0 Å². The molecule has 0 saturated carbocycles. The van der Waals surface area contributed by atoms with Crippen LogP contribution in [0, 0.1) is 0 Å². The van der Waals surface area contributed by atoms with Gasteiger partial charge >= 0.3 is 0 Å². The van der Waals surface area contributed by atoms with Gasteiger partial charge in [0.15, 0.2) is 0 Å². The third-order valence-electron chi connectivity index (χ3n) is 4.71. The molecule has 2 saturated heterocycles. The highest BCUT2D eigenvalue weighted by molar-refractivity contribution is 5.38. The van der Waals surface area contributed by atoms with Gasteiger partial charge in [-0.15, -0.1) is 0 Å². The standard InChI is InChI=1S/C16H23NO2/c1-19-15-8-3-2-7-14(15)16(18)10-9-13-6-4-5-11-17(13)12-16/h2-3,7-8,13,18H,4-6,9-12H2,1H3/t13-,16+/m1/s1. The average Bonchev–Trinajstić information content (AvgIpc) is 2.47. The fourth-order valence-electron chi connectivity index (χ4n) is 3.66. The van der Waals surface area contributed by atoms with E-state index in [1.54, 1.807) is 7.11 Å². The molecule has 0 amide bonds. The van der Waals surface area contributed by atoms with Gasteiger partial charge in [0.05, 0.1) is 7.11 Å². The van der Waals surface area contributed by atoms with E-state index in [-0.39, 0.29) is 0 Å². The summed E-state index contributed by atoms with van der Waals surface area (Å²) in [6.45, 7) is 1.88. The Kier molecular flexibility index (Phi) is 3.50. The maximum absolute atomic E-state index is 11.1. The molecule has 3 rings (SSSR count). The number of nitrogens with zero attached hydrogens (tertiary/aromatic N) is 1. The summed E-state index contributed by atoms with van der Waals surface area (Å²) in [7, 11) is 1.68. The Morgan fingerprint density at radius 1 is 1.26 bits per heavy atom. The number of rotatable bonds is 2. The van der Waals surface area contributed by atoms with E-state index >= 15 is 0 Å². The monoisotopic (exact) mass is 261 g/mol. The Bertz CT molecular complexity index is 448. The van der Waals surface area contributed by atoms with Crippen LogP contribution in [0.3, 0.4) is 0 Å². The van der Waals surface area contributed by atoms with Gasteiger partial charge in [0.25, 0.3) is 0 Å². The third-order valence-corrected chi connectivity index (χ3v) is 4.71. The second-order valence-corrected chi connectivity index (χ2v) is 5.89. The molecule has 2 aliphatic heterocycles. The topological polar surface area (TPSA) is 32.7 Å². The molecule has 3 heteroatoms. The lowest BCUT2D eigenvalue weighted by Crippen LogP contribution is -2.52. The molecule has 0 bridgehead atoms. The summed E-state index contributed by atoms with van der Waals surface area (Å²) in [4.78, 5) is 2.47. The molecule has 2 aliphatic rings. The van der Waals surface area contributed by atoms with Crippen molar-refractivity contribution in [3.8, 4) is 5.75 Å². The molecule has 0 unspecified atom stereocenters. The molecule has 2 fully saturated rings.